The number of carbonyl (C=O) groups is 1. The minimum absolute atomic E-state index is 0.0365. The van der Waals surface area contributed by atoms with Crippen LogP contribution in [-0.2, 0) is 0 Å². The number of nitrogens with one attached hydrogen (secondary N) is 1. The molecule has 4 nitrogen and oxygen atoms in total. The van der Waals surface area contributed by atoms with Crippen LogP contribution in [0.25, 0.3) is 10.9 Å². The Morgan fingerprint density at radius 3 is 2.73 bits per heavy atom. The van der Waals surface area contributed by atoms with Crippen LogP contribution < -0.4 is 5.56 Å². The number of aromatic amines is 1. The van der Waals surface area contributed by atoms with Crippen molar-refractivity contribution in [2.75, 3.05) is 7.05 Å². The van der Waals surface area contributed by atoms with Gasteiger partial charge in [0.25, 0.3) is 5.91 Å². The van der Waals surface area contributed by atoms with Crippen LogP contribution in [-0.4, -0.2) is 22.8 Å². The van der Waals surface area contributed by atoms with E-state index in [-0.39, 0.29) is 17.5 Å². The van der Waals surface area contributed by atoms with Gasteiger partial charge in [0.05, 0.1) is 11.6 Å². The van der Waals surface area contributed by atoms with Gasteiger partial charge in [-0.3, -0.25) is 9.59 Å². The van der Waals surface area contributed by atoms with Gasteiger partial charge in [0, 0.05) is 28.9 Å². The maximum atomic E-state index is 12.8. The fourth-order valence-electron chi connectivity index (χ4n) is 2.47. The van der Waals surface area contributed by atoms with E-state index in [0.717, 1.165) is 10.3 Å². The molecule has 1 amide bonds. The van der Waals surface area contributed by atoms with Crippen LogP contribution >= 0.6 is 11.3 Å². The summed E-state index contributed by atoms with van der Waals surface area (Å²) in [6.45, 7) is 1.99. The van der Waals surface area contributed by atoms with Gasteiger partial charge in [-0.1, -0.05) is 24.3 Å². The summed E-state index contributed by atoms with van der Waals surface area (Å²) in [4.78, 5) is 30.2. The van der Waals surface area contributed by atoms with Gasteiger partial charge < -0.3 is 9.88 Å². The molecular weight excluding hydrogens is 296 g/mol. The minimum Gasteiger partial charge on any atom is -0.334 e. The van der Waals surface area contributed by atoms with E-state index in [0.29, 0.717) is 11.1 Å². The molecule has 1 aromatic carbocycles. The molecule has 3 rings (SSSR count). The Morgan fingerprint density at radius 2 is 2.00 bits per heavy atom. The number of nitrogens with zero attached hydrogens (tertiary/aromatic N) is 1. The number of benzene rings is 1. The lowest BCUT2D eigenvalue weighted by Crippen LogP contribution is -2.30. The van der Waals surface area contributed by atoms with Crippen molar-refractivity contribution in [3.05, 3.63) is 68.6 Å². The maximum absolute atomic E-state index is 12.8. The first-order valence-electron chi connectivity index (χ1n) is 7.00. The smallest absolute Gasteiger partial charge is 0.255 e. The molecule has 22 heavy (non-hydrogen) atoms. The molecule has 0 radical (unpaired) electrons. The van der Waals surface area contributed by atoms with Gasteiger partial charge in [-0.2, -0.15) is 0 Å². The normalized spacial score (nSPS) is 12.3. The van der Waals surface area contributed by atoms with Crippen LogP contribution in [0.2, 0.25) is 0 Å². The molecule has 3 aromatic rings. The molecule has 112 valence electrons. The first-order valence-corrected chi connectivity index (χ1v) is 7.88. The Balaban J connectivity index is 2.03. The lowest BCUT2D eigenvalue weighted by molar-refractivity contribution is 0.0747. The third kappa shape index (κ3) is 2.55. The Bertz CT molecular complexity index is 868. The molecule has 1 atom stereocenters. The number of thiophene rings is 1. The number of fused-ring (bicyclic) bond motifs is 1. The van der Waals surface area contributed by atoms with Crippen LogP contribution in [0.4, 0.5) is 0 Å². The third-order valence-electron chi connectivity index (χ3n) is 3.84. The van der Waals surface area contributed by atoms with Crippen molar-refractivity contribution in [2.45, 2.75) is 13.0 Å². The molecule has 1 N–H and O–H groups in total. The molecule has 0 bridgehead atoms. The number of para-hydroxylation sites is 1. The number of carbonyl (C=O) groups excluding carboxylic acids is 1. The molecule has 0 spiro atoms. The van der Waals surface area contributed by atoms with E-state index in [1.807, 2.05) is 42.6 Å². The first-order chi connectivity index (χ1) is 10.6. The summed E-state index contributed by atoms with van der Waals surface area (Å²) in [5, 5.41) is 2.75. The standard InChI is InChI=1S/C17H16N2O2S/c1-11(15-8-5-9-22-15)19(2)17(21)13-10-16(20)18-14-7-4-3-6-12(13)14/h3-11H,1-2H3,(H,18,20). The van der Waals surface area contributed by atoms with Crippen LogP contribution in [0.15, 0.2) is 52.6 Å². The highest BCUT2D eigenvalue weighted by molar-refractivity contribution is 7.10. The molecule has 0 aliphatic heterocycles. The summed E-state index contributed by atoms with van der Waals surface area (Å²) < 4.78 is 0. The SMILES string of the molecule is CC(c1cccs1)N(C)C(=O)c1cc(=O)[nH]c2ccccc12. The number of amides is 1. The molecule has 0 aliphatic carbocycles. The van der Waals surface area contributed by atoms with Gasteiger partial charge in [-0.15, -0.1) is 11.3 Å². The van der Waals surface area contributed by atoms with E-state index in [9.17, 15) is 9.59 Å². The maximum Gasteiger partial charge on any atom is 0.255 e. The van der Waals surface area contributed by atoms with Gasteiger partial charge >= 0.3 is 0 Å². The van der Waals surface area contributed by atoms with Crippen molar-refractivity contribution in [3.63, 3.8) is 0 Å². The number of H-pyrrole nitrogens is 1. The highest BCUT2D eigenvalue weighted by Gasteiger charge is 2.21. The molecule has 0 fully saturated rings. The summed E-state index contributed by atoms with van der Waals surface area (Å²) in [5.41, 5.74) is 0.847. The molecular formula is C17H16N2O2S. The quantitative estimate of drug-likeness (QED) is 0.805. The molecule has 5 heteroatoms. The molecule has 2 aromatic heterocycles. The van der Waals surface area contributed by atoms with Crippen LogP contribution in [0.5, 0.6) is 0 Å². The van der Waals surface area contributed by atoms with Crippen molar-refractivity contribution < 1.29 is 4.79 Å². The van der Waals surface area contributed by atoms with Crippen molar-refractivity contribution in [2.24, 2.45) is 0 Å². The molecule has 0 saturated carbocycles. The number of aromatic nitrogens is 1. The van der Waals surface area contributed by atoms with Gasteiger partial charge in [-0.25, -0.2) is 0 Å². The minimum atomic E-state index is -0.265. The largest absolute Gasteiger partial charge is 0.334 e. The highest BCUT2D eigenvalue weighted by Crippen LogP contribution is 2.26. The lowest BCUT2D eigenvalue weighted by Gasteiger charge is -2.24. The van der Waals surface area contributed by atoms with Gasteiger partial charge in [-0.05, 0) is 24.4 Å². The number of pyridine rings is 1. The van der Waals surface area contributed by atoms with Gasteiger partial charge in [0.2, 0.25) is 5.56 Å². The number of hydrogen-bond donors (Lipinski definition) is 1. The summed E-state index contributed by atoms with van der Waals surface area (Å²) in [6.07, 6.45) is 0. The Morgan fingerprint density at radius 1 is 1.23 bits per heavy atom. The number of rotatable bonds is 3. The topological polar surface area (TPSA) is 53.2 Å². The fraction of sp³-hybridized carbons (Fsp3) is 0.176. The molecule has 0 aliphatic rings. The predicted octanol–water partition coefficient (Wildman–Crippen LogP) is 3.42. The Kier molecular flexibility index (Phi) is 3.81. The van der Waals surface area contributed by atoms with E-state index in [4.69, 9.17) is 0 Å². The third-order valence-corrected chi connectivity index (χ3v) is 4.88. The highest BCUT2D eigenvalue weighted by atomic mass is 32.1. The van der Waals surface area contributed by atoms with Crippen molar-refractivity contribution in [3.8, 4) is 0 Å². The second-order valence-electron chi connectivity index (χ2n) is 5.20. The number of hydrogen-bond acceptors (Lipinski definition) is 3. The van der Waals surface area contributed by atoms with Crippen molar-refractivity contribution in [1.29, 1.82) is 0 Å². The second-order valence-corrected chi connectivity index (χ2v) is 6.18. The Hall–Kier alpha value is -2.40. The fourth-order valence-corrected chi connectivity index (χ4v) is 3.29. The second kappa shape index (κ2) is 5.77. The monoisotopic (exact) mass is 312 g/mol. The average Bonchev–Trinajstić information content (AvgIpc) is 3.06. The van der Waals surface area contributed by atoms with E-state index < -0.39 is 0 Å². The molecule has 0 saturated heterocycles. The predicted molar refractivity (Wildman–Crippen MR) is 89.4 cm³/mol. The van der Waals surface area contributed by atoms with E-state index in [1.54, 1.807) is 29.4 Å². The van der Waals surface area contributed by atoms with E-state index >= 15 is 0 Å². The van der Waals surface area contributed by atoms with Crippen LogP contribution in [0.1, 0.15) is 28.2 Å². The molecule has 2 heterocycles. The first kappa shape index (κ1) is 14.5. The van der Waals surface area contributed by atoms with Gasteiger partial charge in [0.15, 0.2) is 0 Å². The summed E-state index contributed by atoms with van der Waals surface area (Å²) in [5.74, 6) is -0.150. The summed E-state index contributed by atoms with van der Waals surface area (Å²) in [7, 11) is 1.77. The van der Waals surface area contributed by atoms with Crippen LogP contribution in [0, 0.1) is 0 Å². The zero-order chi connectivity index (χ0) is 15.7. The zero-order valence-corrected chi connectivity index (χ0v) is 13.2. The van der Waals surface area contributed by atoms with Gasteiger partial charge in [0.1, 0.15) is 0 Å². The van der Waals surface area contributed by atoms with E-state index in [2.05, 4.69) is 4.98 Å². The summed E-state index contributed by atoms with van der Waals surface area (Å²) >= 11 is 1.62. The van der Waals surface area contributed by atoms with Crippen LogP contribution in [0.3, 0.4) is 0 Å². The lowest BCUT2D eigenvalue weighted by atomic mass is 10.1. The summed E-state index contributed by atoms with van der Waals surface area (Å²) in [6, 6.07) is 12.7. The average molecular weight is 312 g/mol. The van der Waals surface area contributed by atoms with Crippen molar-refractivity contribution in [1.82, 2.24) is 9.88 Å². The Labute approximate surface area is 132 Å². The molecule has 1 unspecified atom stereocenters. The van der Waals surface area contributed by atoms with E-state index in [1.165, 1.54) is 6.07 Å². The van der Waals surface area contributed by atoms with Crippen molar-refractivity contribution >= 4 is 28.1 Å². The zero-order valence-electron chi connectivity index (χ0n) is 12.4.